The van der Waals surface area contributed by atoms with E-state index in [9.17, 15) is 9.18 Å². The van der Waals surface area contributed by atoms with E-state index in [2.05, 4.69) is 12.2 Å². The smallest absolute Gasteiger partial charge is 0.407 e. The molecule has 0 spiro atoms. The van der Waals surface area contributed by atoms with Gasteiger partial charge in [-0.05, 0) is 49.9 Å². The largest absolute Gasteiger partial charge is 0.444 e. The molecule has 0 aliphatic carbocycles. The number of ether oxygens (including phenoxy) is 1. The van der Waals surface area contributed by atoms with Crippen LogP contribution in [0.25, 0.3) is 11.1 Å². The van der Waals surface area contributed by atoms with Gasteiger partial charge < -0.3 is 10.1 Å². The maximum absolute atomic E-state index is 14.5. The van der Waals surface area contributed by atoms with Crippen LogP contribution in [0.2, 0.25) is 0 Å². The summed E-state index contributed by atoms with van der Waals surface area (Å²) in [6, 6.07) is 12.8. The number of alkyl carbamates (subject to hydrolysis) is 1. The number of hydrogen-bond acceptors (Lipinski definition) is 2. The van der Waals surface area contributed by atoms with E-state index in [0.29, 0.717) is 11.1 Å². The zero-order chi connectivity index (χ0) is 17.7. The lowest BCUT2D eigenvalue weighted by Gasteiger charge is -2.19. The van der Waals surface area contributed by atoms with Crippen LogP contribution in [0, 0.1) is 5.82 Å². The van der Waals surface area contributed by atoms with Crippen LogP contribution in [-0.4, -0.2) is 11.7 Å². The Hall–Kier alpha value is -2.36. The highest BCUT2D eigenvalue weighted by Gasteiger charge is 2.16. The van der Waals surface area contributed by atoms with E-state index in [-0.39, 0.29) is 12.4 Å². The molecular formula is C20H24FNO2. The van der Waals surface area contributed by atoms with Crippen LogP contribution in [-0.2, 0) is 17.7 Å². The fourth-order valence-electron chi connectivity index (χ4n) is 2.47. The van der Waals surface area contributed by atoms with Crippen molar-refractivity contribution in [3.05, 3.63) is 59.4 Å². The molecule has 0 unspecified atom stereocenters. The summed E-state index contributed by atoms with van der Waals surface area (Å²) >= 11 is 0. The van der Waals surface area contributed by atoms with Crippen LogP contribution in [0.3, 0.4) is 0 Å². The topological polar surface area (TPSA) is 38.3 Å². The average Bonchev–Trinajstić information content (AvgIpc) is 2.51. The molecule has 0 aliphatic rings. The number of benzene rings is 2. The van der Waals surface area contributed by atoms with Gasteiger partial charge in [0, 0.05) is 12.1 Å². The van der Waals surface area contributed by atoms with E-state index in [1.807, 2.05) is 30.3 Å². The molecule has 1 N–H and O–H groups in total. The van der Waals surface area contributed by atoms with Gasteiger partial charge in [-0.1, -0.05) is 43.3 Å². The summed E-state index contributed by atoms with van der Waals surface area (Å²) in [6.07, 6.45) is 0.334. The molecule has 0 radical (unpaired) electrons. The van der Waals surface area contributed by atoms with Gasteiger partial charge in [-0.25, -0.2) is 9.18 Å². The average molecular weight is 329 g/mol. The Labute approximate surface area is 142 Å². The van der Waals surface area contributed by atoms with Crippen LogP contribution in [0.4, 0.5) is 9.18 Å². The molecule has 0 aliphatic heterocycles. The van der Waals surface area contributed by atoms with Crippen molar-refractivity contribution < 1.29 is 13.9 Å². The summed E-state index contributed by atoms with van der Waals surface area (Å²) in [5, 5.41) is 2.64. The third kappa shape index (κ3) is 4.82. The number of nitrogens with one attached hydrogen (secondary N) is 1. The monoisotopic (exact) mass is 329 g/mol. The summed E-state index contributed by atoms with van der Waals surface area (Å²) in [5.41, 5.74) is 2.73. The predicted octanol–water partition coefficient (Wildman–Crippen LogP) is 5.08. The third-order valence-electron chi connectivity index (χ3n) is 3.56. The Morgan fingerprint density at radius 3 is 2.46 bits per heavy atom. The van der Waals surface area contributed by atoms with Crippen LogP contribution >= 0.6 is 0 Å². The van der Waals surface area contributed by atoms with Crippen LogP contribution in [0.1, 0.15) is 38.8 Å². The first kappa shape index (κ1) is 18.0. The maximum atomic E-state index is 14.5. The first-order valence-corrected chi connectivity index (χ1v) is 8.13. The molecule has 0 saturated heterocycles. The molecule has 3 nitrogen and oxygen atoms in total. The molecular weight excluding hydrogens is 305 g/mol. The van der Waals surface area contributed by atoms with Gasteiger partial charge in [-0.15, -0.1) is 0 Å². The van der Waals surface area contributed by atoms with Crippen molar-refractivity contribution in [2.45, 2.75) is 46.3 Å². The van der Waals surface area contributed by atoms with Crippen LogP contribution < -0.4 is 5.32 Å². The zero-order valence-electron chi connectivity index (χ0n) is 14.7. The Morgan fingerprint density at radius 2 is 1.83 bits per heavy atom. The number of hydrogen-bond donors (Lipinski definition) is 1. The van der Waals surface area contributed by atoms with Gasteiger partial charge in [-0.2, -0.15) is 0 Å². The Bertz CT molecular complexity index is 720. The number of amides is 1. The van der Waals surface area contributed by atoms with Crippen LogP contribution in [0.5, 0.6) is 0 Å². The highest BCUT2D eigenvalue weighted by Crippen LogP contribution is 2.27. The van der Waals surface area contributed by atoms with Gasteiger partial charge in [0.1, 0.15) is 11.4 Å². The standard InChI is InChI=1S/C20H24FNO2/c1-5-15-8-6-7-9-16(15)17-11-10-14(12-18(17)21)13-22-19(23)24-20(2,3)4/h6-12H,5,13H2,1-4H3,(H,22,23). The molecule has 0 atom stereocenters. The number of halogens is 1. The van der Waals surface area contributed by atoms with Gasteiger partial charge in [0.15, 0.2) is 0 Å². The van der Waals surface area contributed by atoms with Crippen molar-refractivity contribution in [1.82, 2.24) is 5.32 Å². The van der Waals surface area contributed by atoms with Crippen molar-refractivity contribution in [2.75, 3.05) is 0 Å². The van der Waals surface area contributed by atoms with Gasteiger partial charge in [0.05, 0.1) is 0 Å². The first-order valence-electron chi connectivity index (χ1n) is 8.13. The maximum Gasteiger partial charge on any atom is 0.407 e. The Morgan fingerprint density at radius 1 is 1.12 bits per heavy atom. The van der Waals surface area contributed by atoms with Gasteiger partial charge in [0.25, 0.3) is 0 Å². The summed E-state index contributed by atoms with van der Waals surface area (Å²) in [4.78, 5) is 11.7. The van der Waals surface area contributed by atoms with E-state index < -0.39 is 11.7 Å². The van der Waals surface area contributed by atoms with E-state index in [0.717, 1.165) is 17.5 Å². The molecule has 0 saturated carbocycles. The van der Waals surface area contributed by atoms with E-state index in [1.54, 1.807) is 26.8 Å². The minimum atomic E-state index is -0.553. The fraction of sp³-hybridized carbons (Fsp3) is 0.350. The molecule has 24 heavy (non-hydrogen) atoms. The van der Waals surface area contributed by atoms with E-state index >= 15 is 0 Å². The number of carbonyl (C=O) groups excluding carboxylic acids is 1. The minimum Gasteiger partial charge on any atom is -0.444 e. The molecule has 0 heterocycles. The van der Waals surface area contributed by atoms with E-state index in [4.69, 9.17) is 4.74 Å². The first-order chi connectivity index (χ1) is 11.3. The van der Waals surface area contributed by atoms with Gasteiger partial charge in [0.2, 0.25) is 0 Å². The van der Waals surface area contributed by atoms with Crippen molar-refractivity contribution in [2.24, 2.45) is 0 Å². The zero-order valence-corrected chi connectivity index (χ0v) is 14.7. The molecule has 0 fully saturated rings. The lowest BCUT2D eigenvalue weighted by Crippen LogP contribution is -2.32. The second-order valence-electron chi connectivity index (χ2n) is 6.68. The minimum absolute atomic E-state index is 0.224. The number of aryl methyl sites for hydroxylation is 1. The highest BCUT2D eigenvalue weighted by atomic mass is 19.1. The lowest BCUT2D eigenvalue weighted by atomic mass is 9.97. The molecule has 2 rings (SSSR count). The normalized spacial score (nSPS) is 11.2. The molecule has 0 bridgehead atoms. The Kier molecular flexibility index (Phi) is 5.60. The molecule has 2 aromatic rings. The molecule has 128 valence electrons. The highest BCUT2D eigenvalue weighted by molar-refractivity contribution is 5.69. The van der Waals surface area contributed by atoms with Gasteiger partial charge in [-0.3, -0.25) is 0 Å². The molecule has 1 amide bonds. The predicted molar refractivity (Wildman–Crippen MR) is 94.3 cm³/mol. The fourth-order valence-corrected chi connectivity index (χ4v) is 2.47. The van der Waals surface area contributed by atoms with Crippen molar-refractivity contribution in [3.8, 4) is 11.1 Å². The van der Waals surface area contributed by atoms with Crippen molar-refractivity contribution >= 4 is 6.09 Å². The molecule has 0 aromatic heterocycles. The van der Waals surface area contributed by atoms with Crippen molar-refractivity contribution in [3.63, 3.8) is 0 Å². The van der Waals surface area contributed by atoms with E-state index in [1.165, 1.54) is 6.07 Å². The summed E-state index contributed by atoms with van der Waals surface area (Å²) in [6.45, 7) is 7.67. The van der Waals surface area contributed by atoms with Crippen LogP contribution in [0.15, 0.2) is 42.5 Å². The van der Waals surface area contributed by atoms with Crippen molar-refractivity contribution in [1.29, 1.82) is 0 Å². The summed E-state index contributed by atoms with van der Waals surface area (Å²) < 4.78 is 19.7. The molecule has 4 heteroatoms. The van der Waals surface area contributed by atoms with Gasteiger partial charge >= 0.3 is 6.09 Å². The third-order valence-corrected chi connectivity index (χ3v) is 3.56. The number of carbonyl (C=O) groups is 1. The Balaban J connectivity index is 2.11. The summed E-state index contributed by atoms with van der Waals surface area (Å²) in [5.74, 6) is -0.292. The quantitative estimate of drug-likeness (QED) is 0.849. The SMILES string of the molecule is CCc1ccccc1-c1ccc(CNC(=O)OC(C)(C)C)cc1F. The lowest BCUT2D eigenvalue weighted by molar-refractivity contribution is 0.0523. The summed E-state index contributed by atoms with van der Waals surface area (Å²) in [7, 11) is 0. The molecule has 2 aromatic carbocycles. The number of rotatable bonds is 4. The second-order valence-corrected chi connectivity index (χ2v) is 6.68. The second kappa shape index (κ2) is 7.47.